The fourth-order valence-electron chi connectivity index (χ4n) is 4.49. The van der Waals surface area contributed by atoms with E-state index in [1.54, 1.807) is 45.2 Å². The standard InChI is InChI=1S/C26H27FN6O3S/c1-14-5-12-20(19(27)13-14)29-23-21-22(15(2)24(34)31(23)4)32(26(36)33(25(21)35)18-10-11-18)17-8-6-16(7-9-17)30-37-28-3/h5-9,12-13,18,28-30H,10-11H2,1-4H3. The minimum Gasteiger partial charge on any atom is -0.338 e. The van der Waals surface area contributed by atoms with E-state index in [2.05, 4.69) is 14.8 Å². The summed E-state index contributed by atoms with van der Waals surface area (Å²) in [5.74, 6) is -0.384. The van der Waals surface area contributed by atoms with Crippen molar-refractivity contribution in [3.05, 3.63) is 90.6 Å². The maximum Gasteiger partial charge on any atom is 0.336 e. The molecule has 1 aliphatic carbocycles. The third kappa shape index (κ3) is 4.34. The predicted molar refractivity (Wildman–Crippen MR) is 147 cm³/mol. The minimum atomic E-state index is -0.514. The van der Waals surface area contributed by atoms with E-state index >= 15 is 0 Å². The number of anilines is 3. The van der Waals surface area contributed by atoms with Gasteiger partial charge in [0.25, 0.3) is 11.1 Å². The second-order valence-electron chi connectivity index (χ2n) is 9.15. The lowest BCUT2D eigenvalue weighted by molar-refractivity contribution is 0.630. The van der Waals surface area contributed by atoms with Gasteiger partial charge in [-0.3, -0.25) is 23.3 Å². The summed E-state index contributed by atoms with van der Waals surface area (Å²) in [7, 11) is 3.32. The third-order valence-electron chi connectivity index (χ3n) is 6.53. The number of fused-ring (bicyclic) bond motifs is 1. The lowest BCUT2D eigenvalue weighted by Crippen LogP contribution is -2.41. The number of benzene rings is 2. The van der Waals surface area contributed by atoms with Crippen LogP contribution < -0.4 is 31.6 Å². The monoisotopic (exact) mass is 522 g/mol. The second kappa shape index (κ2) is 9.56. The van der Waals surface area contributed by atoms with Gasteiger partial charge in [-0.25, -0.2) is 13.9 Å². The van der Waals surface area contributed by atoms with Crippen LogP contribution in [0.15, 0.2) is 56.8 Å². The summed E-state index contributed by atoms with van der Waals surface area (Å²) in [5.41, 5.74) is 1.22. The number of rotatable bonds is 7. The quantitative estimate of drug-likeness (QED) is 0.317. The molecule has 192 valence electrons. The number of nitrogens with zero attached hydrogens (tertiary/aromatic N) is 3. The fraction of sp³-hybridized carbons (Fsp3) is 0.269. The van der Waals surface area contributed by atoms with Crippen LogP contribution in [0, 0.1) is 19.7 Å². The number of aromatic nitrogens is 3. The van der Waals surface area contributed by atoms with E-state index in [4.69, 9.17) is 0 Å². The van der Waals surface area contributed by atoms with Crippen LogP contribution in [-0.4, -0.2) is 20.7 Å². The van der Waals surface area contributed by atoms with Gasteiger partial charge in [0.15, 0.2) is 0 Å². The van der Waals surface area contributed by atoms with Crippen LogP contribution in [0.25, 0.3) is 16.6 Å². The average Bonchev–Trinajstić information content (AvgIpc) is 3.71. The van der Waals surface area contributed by atoms with E-state index in [-0.39, 0.29) is 34.0 Å². The van der Waals surface area contributed by atoms with Crippen LogP contribution in [0.5, 0.6) is 0 Å². The zero-order chi connectivity index (χ0) is 26.4. The van der Waals surface area contributed by atoms with Crippen LogP contribution >= 0.6 is 12.1 Å². The van der Waals surface area contributed by atoms with Crippen molar-refractivity contribution in [2.45, 2.75) is 32.7 Å². The highest BCUT2D eigenvalue weighted by molar-refractivity contribution is 7.98. The Balaban J connectivity index is 1.84. The number of nitrogens with one attached hydrogen (secondary N) is 3. The molecule has 0 atom stereocenters. The van der Waals surface area contributed by atoms with Crippen molar-refractivity contribution >= 4 is 40.2 Å². The Kier molecular flexibility index (Phi) is 6.42. The molecule has 1 aliphatic rings. The molecule has 2 aromatic heterocycles. The molecule has 0 aliphatic heterocycles. The molecule has 0 saturated heterocycles. The molecular formula is C26H27FN6O3S. The van der Waals surface area contributed by atoms with Gasteiger partial charge in [0.1, 0.15) is 17.0 Å². The number of aryl methyl sites for hydroxylation is 2. The molecule has 37 heavy (non-hydrogen) atoms. The van der Waals surface area contributed by atoms with E-state index in [0.717, 1.165) is 11.3 Å². The Morgan fingerprint density at radius 1 is 1.00 bits per heavy atom. The summed E-state index contributed by atoms with van der Waals surface area (Å²) in [4.78, 5) is 40.9. The lowest BCUT2D eigenvalue weighted by Gasteiger charge is -2.20. The van der Waals surface area contributed by atoms with Gasteiger partial charge in [-0.05, 0) is 75.7 Å². The highest BCUT2D eigenvalue weighted by Crippen LogP contribution is 2.34. The maximum absolute atomic E-state index is 14.8. The average molecular weight is 523 g/mol. The molecule has 0 unspecified atom stereocenters. The molecule has 0 spiro atoms. The summed E-state index contributed by atoms with van der Waals surface area (Å²) >= 11 is 1.30. The highest BCUT2D eigenvalue weighted by atomic mass is 32.2. The normalized spacial score (nSPS) is 13.2. The van der Waals surface area contributed by atoms with Gasteiger partial charge in [0, 0.05) is 36.5 Å². The Labute approximate surface area is 216 Å². The van der Waals surface area contributed by atoms with Crippen LogP contribution in [0.2, 0.25) is 0 Å². The van der Waals surface area contributed by atoms with E-state index in [9.17, 15) is 18.8 Å². The number of hydrogen-bond acceptors (Lipinski definition) is 7. The van der Waals surface area contributed by atoms with Gasteiger partial charge in [-0.2, -0.15) is 0 Å². The van der Waals surface area contributed by atoms with Gasteiger partial charge in [-0.1, -0.05) is 6.07 Å². The van der Waals surface area contributed by atoms with Gasteiger partial charge in [0.05, 0.1) is 16.9 Å². The molecule has 3 N–H and O–H groups in total. The van der Waals surface area contributed by atoms with Crippen molar-refractivity contribution in [3.63, 3.8) is 0 Å². The Bertz CT molecular complexity index is 1700. The molecule has 9 nitrogen and oxygen atoms in total. The topological polar surface area (TPSA) is 102 Å². The van der Waals surface area contributed by atoms with Crippen molar-refractivity contribution in [2.24, 2.45) is 7.05 Å². The molecule has 0 radical (unpaired) electrons. The number of hydrogen-bond donors (Lipinski definition) is 3. The van der Waals surface area contributed by atoms with Crippen molar-refractivity contribution < 1.29 is 4.39 Å². The molecule has 4 aromatic rings. The van der Waals surface area contributed by atoms with E-state index < -0.39 is 22.6 Å². The summed E-state index contributed by atoms with van der Waals surface area (Å²) in [6.07, 6.45) is 1.43. The van der Waals surface area contributed by atoms with Crippen molar-refractivity contribution in [1.82, 2.24) is 18.4 Å². The third-order valence-corrected chi connectivity index (χ3v) is 7.07. The molecule has 1 saturated carbocycles. The Morgan fingerprint density at radius 3 is 2.32 bits per heavy atom. The van der Waals surface area contributed by atoms with E-state index in [0.29, 0.717) is 18.5 Å². The first-order valence-electron chi connectivity index (χ1n) is 11.9. The largest absolute Gasteiger partial charge is 0.338 e. The van der Waals surface area contributed by atoms with Gasteiger partial charge < -0.3 is 10.0 Å². The Morgan fingerprint density at radius 2 is 1.70 bits per heavy atom. The van der Waals surface area contributed by atoms with Gasteiger partial charge in [0.2, 0.25) is 0 Å². The highest BCUT2D eigenvalue weighted by Gasteiger charge is 2.31. The van der Waals surface area contributed by atoms with E-state index in [1.165, 1.54) is 38.9 Å². The van der Waals surface area contributed by atoms with Gasteiger partial charge >= 0.3 is 5.69 Å². The first kappa shape index (κ1) is 24.8. The first-order chi connectivity index (χ1) is 17.7. The molecule has 2 heterocycles. The van der Waals surface area contributed by atoms with E-state index in [1.807, 2.05) is 12.1 Å². The van der Waals surface area contributed by atoms with Crippen molar-refractivity contribution in [2.75, 3.05) is 17.1 Å². The zero-order valence-electron chi connectivity index (χ0n) is 20.9. The molecule has 5 rings (SSSR count). The van der Waals surface area contributed by atoms with Crippen LogP contribution in [0.4, 0.5) is 21.6 Å². The molecule has 2 aromatic carbocycles. The number of pyridine rings is 1. The van der Waals surface area contributed by atoms with Crippen LogP contribution in [-0.2, 0) is 7.05 Å². The smallest absolute Gasteiger partial charge is 0.336 e. The number of halogens is 1. The van der Waals surface area contributed by atoms with Crippen molar-refractivity contribution in [1.29, 1.82) is 0 Å². The van der Waals surface area contributed by atoms with Crippen LogP contribution in [0.3, 0.4) is 0 Å². The lowest BCUT2D eigenvalue weighted by atomic mass is 10.1. The summed E-state index contributed by atoms with van der Waals surface area (Å²) in [6.45, 7) is 3.37. The minimum absolute atomic E-state index is 0.123. The molecule has 0 bridgehead atoms. The molecule has 1 fully saturated rings. The summed E-state index contributed by atoms with van der Waals surface area (Å²) in [5, 5.41) is 3.13. The fourth-order valence-corrected chi connectivity index (χ4v) is 4.85. The van der Waals surface area contributed by atoms with Crippen molar-refractivity contribution in [3.8, 4) is 5.69 Å². The second-order valence-corrected chi connectivity index (χ2v) is 9.97. The molecule has 0 amide bonds. The zero-order valence-corrected chi connectivity index (χ0v) is 21.7. The predicted octanol–water partition coefficient (Wildman–Crippen LogP) is 3.88. The summed E-state index contributed by atoms with van der Waals surface area (Å²) < 4.78 is 24.8. The van der Waals surface area contributed by atoms with Gasteiger partial charge in [-0.15, -0.1) is 0 Å². The Hall–Kier alpha value is -3.83. The SMILES string of the molecule is CNSNc1ccc(-n2c(=O)n(C3CC3)c(=O)c3c(Nc4ccc(C)cc4F)n(C)c(=O)c(C)c32)cc1. The van der Waals surface area contributed by atoms with Crippen LogP contribution in [0.1, 0.15) is 30.0 Å². The molecular weight excluding hydrogens is 495 g/mol. The maximum atomic E-state index is 14.8. The summed E-state index contributed by atoms with van der Waals surface area (Å²) in [6, 6.07) is 11.6. The first-order valence-corrected chi connectivity index (χ1v) is 12.7. The molecule has 11 heteroatoms.